The van der Waals surface area contributed by atoms with Gasteiger partial charge in [-0.25, -0.2) is 0 Å². The summed E-state index contributed by atoms with van der Waals surface area (Å²) in [5, 5.41) is 0. The second-order valence-corrected chi connectivity index (χ2v) is 28.3. The van der Waals surface area contributed by atoms with Crippen LogP contribution in [0.5, 0.6) is 0 Å². The van der Waals surface area contributed by atoms with Gasteiger partial charge >= 0.3 is 0 Å². The van der Waals surface area contributed by atoms with Crippen LogP contribution in [0, 0.1) is 0 Å². The lowest BCUT2D eigenvalue weighted by Crippen LogP contribution is -3.00. The lowest BCUT2D eigenvalue weighted by Gasteiger charge is -2.40. The Hall–Kier alpha value is 0.880. The molecule has 0 bridgehead atoms. The molecule has 0 aromatic heterocycles. The van der Waals surface area contributed by atoms with Crippen LogP contribution in [0.3, 0.4) is 0 Å². The fourth-order valence-corrected chi connectivity index (χ4v) is 14.0. The summed E-state index contributed by atoms with van der Waals surface area (Å²) in [6, 6.07) is 0. The third kappa shape index (κ3) is 70.3. The van der Waals surface area contributed by atoms with Gasteiger partial charge in [0.2, 0.25) is 0 Å². The van der Waals surface area contributed by atoms with Gasteiger partial charge in [-0.1, -0.05) is 364 Å². The van der Waals surface area contributed by atoms with Gasteiger partial charge in [-0.05, 0) is 103 Å². The minimum Gasteiger partial charge on any atom is -1.00 e. The zero-order valence-corrected chi connectivity index (χ0v) is 63.7. The number of hydrogen-bond donors (Lipinski definition) is 0. The van der Waals surface area contributed by atoms with E-state index in [-0.39, 0.29) is 34.0 Å². The van der Waals surface area contributed by atoms with Crippen molar-refractivity contribution in [3.63, 3.8) is 0 Å². The average molecular weight is 1320 g/mol. The third-order valence-electron chi connectivity index (χ3n) is 19.9. The van der Waals surface area contributed by atoms with Crippen LogP contribution in [0.1, 0.15) is 466 Å². The molecule has 0 radical (unpaired) electrons. The summed E-state index contributed by atoms with van der Waals surface area (Å²) in [5.41, 5.74) is 0. The monoisotopic (exact) mass is 1320 g/mol. The van der Waals surface area contributed by atoms with E-state index < -0.39 is 0 Å². The maximum Gasteiger partial charge on any atom is 0.0786 e. The van der Waals surface area contributed by atoms with E-state index in [1.165, 1.54) is 472 Å². The van der Waals surface area contributed by atoms with E-state index in [1.807, 2.05) is 0 Å². The topological polar surface area (TPSA) is 0 Å². The van der Waals surface area contributed by atoms with Crippen molar-refractivity contribution in [2.24, 2.45) is 0 Å². The fourth-order valence-electron chi connectivity index (χ4n) is 14.0. The van der Waals surface area contributed by atoms with Crippen molar-refractivity contribution in [1.29, 1.82) is 0 Å². The van der Waals surface area contributed by atoms with Crippen LogP contribution in [0.4, 0.5) is 0 Å². The van der Waals surface area contributed by atoms with Gasteiger partial charge in [0, 0.05) is 0 Å². The number of nitrogens with zero attached hydrogens (tertiary/aromatic N) is 2. The molecular weight excluding hydrogens is 1150 g/mol. The molecule has 4 heteroatoms. The number of rotatable bonds is 72. The molecule has 0 N–H and O–H groups in total. The van der Waals surface area contributed by atoms with Crippen LogP contribution in [0.25, 0.3) is 0 Å². The highest BCUT2D eigenvalue weighted by Crippen LogP contribution is 2.24. The van der Waals surface area contributed by atoms with Crippen molar-refractivity contribution >= 4 is 0 Å². The average Bonchev–Trinajstić information content (AvgIpc) is 3.48. The molecule has 0 aromatic carbocycles. The van der Waals surface area contributed by atoms with Crippen LogP contribution >= 0.6 is 0 Å². The maximum absolute atomic E-state index is 2.34. The molecule has 0 aliphatic carbocycles. The Morgan fingerprint density at radius 3 is 0.262 bits per heavy atom. The Balaban J connectivity index is -0.000000800. The standard InChI is InChI=1S/C48H100N.C32H68N.2BrH/c1-5-9-13-17-21-25-29-33-37-41-45-49(46-42-38-34-30-26-22-18-14-10-6-2,47-43-39-35-31-27-23-19-15-11-7-3)48-44-40-36-32-28-24-20-16-12-8-4;1-5-9-13-17-21-25-29-33(30-26-22-18-14-10-6-2,31-27-23-19-15-11-7-3)32-28-24-20-16-12-8-4;;/h5-48H2,1-4H3;5-32H2,1-4H3;2*1H/q2*+1;;/p-2. The highest BCUT2D eigenvalue weighted by Gasteiger charge is 2.27. The number of hydrogen-bond acceptors (Lipinski definition) is 0. The Kier molecular flexibility index (Phi) is 86.9. The van der Waals surface area contributed by atoms with Crippen LogP contribution in [-0.4, -0.2) is 61.3 Å². The largest absolute Gasteiger partial charge is 1.00 e. The molecule has 0 aliphatic rings. The van der Waals surface area contributed by atoms with E-state index in [9.17, 15) is 0 Å². The van der Waals surface area contributed by atoms with Gasteiger partial charge in [-0.3, -0.25) is 0 Å². The van der Waals surface area contributed by atoms with Crippen LogP contribution in [-0.2, 0) is 0 Å². The van der Waals surface area contributed by atoms with Gasteiger partial charge < -0.3 is 42.9 Å². The summed E-state index contributed by atoms with van der Waals surface area (Å²) >= 11 is 0. The normalized spacial score (nSPS) is 11.7. The fraction of sp³-hybridized carbons (Fsp3) is 1.00. The number of unbranched alkanes of at least 4 members (excludes halogenated alkanes) is 56. The summed E-state index contributed by atoms with van der Waals surface area (Å²) in [7, 11) is 0. The smallest absolute Gasteiger partial charge is 0.0786 e. The van der Waals surface area contributed by atoms with Crippen LogP contribution < -0.4 is 34.0 Å². The van der Waals surface area contributed by atoms with Crippen molar-refractivity contribution in [3.8, 4) is 0 Å². The first-order valence-corrected chi connectivity index (χ1v) is 40.2. The molecular formula is C80H168Br2N2. The molecule has 0 saturated heterocycles. The molecule has 84 heavy (non-hydrogen) atoms. The van der Waals surface area contributed by atoms with Crippen LogP contribution in [0.2, 0.25) is 0 Å². The quantitative estimate of drug-likeness (QED) is 0.0421. The van der Waals surface area contributed by atoms with Crippen molar-refractivity contribution in [2.45, 2.75) is 466 Å². The predicted octanol–water partition coefficient (Wildman–Crippen LogP) is 22.7. The van der Waals surface area contributed by atoms with Crippen LogP contribution in [0.15, 0.2) is 0 Å². The molecule has 0 fully saturated rings. The Labute approximate surface area is 558 Å². The first-order chi connectivity index (χ1) is 40.5. The predicted molar refractivity (Wildman–Crippen MR) is 380 cm³/mol. The second-order valence-electron chi connectivity index (χ2n) is 28.3. The molecule has 0 heterocycles. The van der Waals surface area contributed by atoms with Gasteiger partial charge in [-0.2, -0.15) is 0 Å². The summed E-state index contributed by atoms with van der Waals surface area (Å²) in [5.74, 6) is 0. The van der Waals surface area contributed by atoms with Gasteiger partial charge in [0.05, 0.1) is 52.4 Å². The molecule has 0 rings (SSSR count). The number of quaternary nitrogens is 2. The van der Waals surface area contributed by atoms with E-state index in [2.05, 4.69) is 55.4 Å². The van der Waals surface area contributed by atoms with E-state index in [1.54, 1.807) is 0 Å². The molecule has 2 nitrogen and oxygen atoms in total. The summed E-state index contributed by atoms with van der Waals surface area (Å²) in [6.45, 7) is 30.6. The van der Waals surface area contributed by atoms with Gasteiger partial charge in [0.1, 0.15) is 0 Å². The van der Waals surface area contributed by atoms with E-state index in [0.717, 1.165) is 0 Å². The molecule has 0 unspecified atom stereocenters. The lowest BCUT2D eigenvalue weighted by molar-refractivity contribution is -0.929. The summed E-state index contributed by atoms with van der Waals surface area (Å²) in [4.78, 5) is 0. The maximum atomic E-state index is 2.34. The van der Waals surface area contributed by atoms with Gasteiger partial charge in [-0.15, -0.1) is 0 Å². The van der Waals surface area contributed by atoms with Crippen molar-refractivity contribution < 1.29 is 42.9 Å². The SMILES string of the molecule is CCCCCCCCCCCC[N+](CCCCCCCCCCCC)(CCCCCCCCCCCC)CCCCCCCCCCCC.CCCCCCCC[N+](CCCCCCCC)(CCCCCCCC)CCCCCCCC.[Br-].[Br-]. The third-order valence-corrected chi connectivity index (χ3v) is 19.9. The zero-order valence-electron chi connectivity index (χ0n) is 60.6. The Morgan fingerprint density at radius 1 is 0.107 bits per heavy atom. The molecule has 0 amide bonds. The Bertz CT molecular complexity index is 926. The first kappa shape index (κ1) is 91.3. The molecule has 512 valence electrons. The van der Waals surface area contributed by atoms with E-state index in [4.69, 9.17) is 0 Å². The first-order valence-electron chi connectivity index (χ1n) is 40.2. The highest BCUT2D eigenvalue weighted by atomic mass is 79.9. The molecule has 0 aliphatic heterocycles. The molecule has 0 spiro atoms. The summed E-state index contributed by atoms with van der Waals surface area (Å²) < 4.78 is 2.96. The molecule has 0 saturated carbocycles. The minimum atomic E-state index is 0. The minimum absolute atomic E-state index is 0. The van der Waals surface area contributed by atoms with E-state index in [0.29, 0.717) is 0 Å². The van der Waals surface area contributed by atoms with Gasteiger partial charge in [0.25, 0.3) is 0 Å². The zero-order chi connectivity index (χ0) is 59.9. The summed E-state index contributed by atoms with van der Waals surface area (Å²) in [6.07, 6.45) is 93.5. The van der Waals surface area contributed by atoms with Crippen molar-refractivity contribution in [1.82, 2.24) is 0 Å². The number of halogens is 2. The Morgan fingerprint density at radius 2 is 0.179 bits per heavy atom. The molecule has 0 atom stereocenters. The lowest BCUT2D eigenvalue weighted by atomic mass is 10.0. The highest BCUT2D eigenvalue weighted by molar-refractivity contribution is 4.59. The van der Waals surface area contributed by atoms with Gasteiger partial charge in [0.15, 0.2) is 0 Å². The molecule has 0 aromatic rings. The van der Waals surface area contributed by atoms with E-state index >= 15 is 0 Å². The van der Waals surface area contributed by atoms with Crippen molar-refractivity contribution in [3.05, 3.63) is 0 Å². The second kappa shape index (κ2) is 80.0. The van der Waals surface area contributed by atoms with Crippen molar-refractivity contribution in [2.75, 3.05) is 52.4 Å².